The normalized spacial score (nSPS) is 19.1. The van der Waals surface area contributed by atoms with E-state index in [2.05, 4.69) is 105 Å². The molecule has 5 rings (SSSR count). The Bertz CT molecular complexity index is 1210. The molecule has 0 N–H and O–H groups in total. The zero-order valence-corrected chi connectivity index (χ0v) is 22.6. The standard InChI is InChI=1S/C32H33NO3Si/c1-4-30-31(35-32(30)33-25-20-22-26(34-3)23-21-25)24(2)36-37(27-14-8-5-9-15-27,28-16-10-6-11-17-28)29-18-12-7-13-19-29/h5-24,30-31H,4H2,1-3H3/t24-,30-,31+/m0/s1. The molecule has 0 aliphatic carbocycles. The van der Waals surface area contributed by atoms with Crippen molar-refractivity contribution in [1.29, 1.82) is 0 Å². The minimum Gasteiger partial charge on any atom is -0.497 e. The highest BCUT2D eigenvalue weighted by Crippen LogP contribution is 2.34. The molecule has 37 heavy (non-hydrogen) atoms. The third-order valence-corrected chi connectivity index (χ3v) is 11.3. The monoisotopic (exact) mass is 507 g/mol. The van der Waals surface area contributed by atoms with Crippen LogP contribution < -0.4 is 20.3 Å². The van der Waals surface area contributed by atoms with Gasteiger partial charge in [-0.05, 0) is 53.2 Å². The van der Waals surface area contributed by atoms with E-state index in [1.807, 2.05) is 24.3 Å². The Kier molecular flexibility index (Phi) is 7.54. The number of hydrogen-bond donors (Lipinski definition) is 0. The molecule has 3 atom stereocenters. The molecule has 4 nitrogen and oxygen atoms in total. The highest BCUT2D eigenvalue weighted by molar-refractivity contribution is 7.07. The summed E-state index contributed by atoms with van der Waals surface area (Å²) in [6.45, 7) is 4.33. The summed E-state index contributed by atoms with van der Waals surface area (Å²) in [4.78, 5) is 4.79. The lowest BCUT2D eigenvalue weighted by atomic mass is 9.90. The summed E-state index contributed by atoms with van der Waals surface area (Å²) in [6.07, 6.45) is 0.737. The van der Waals surface area contributed by atoms with E-state index in [0.717, 1.165) is 23.8 Å². The van der Waals surface area contributed by atoms with E-state index in [4.69, 9.17) is 18.9 Å². The van der Waals surface area contributed by atoms with E-state index >= 15 is 0 Å². The van der Waals surface area contributed by atoms with E-state index in [-0.39, 0.29) is 18.1 Å². The molecule has 4 aromatic rings. The largest absolute Gasteiger partial charge is 0.497 e. The van der Waals surface area contributed by atoms with Crippen LogP contribution >= 0.6 is 0 Å². The highest BCUT2D eigenvalue weighted by atomic mass is 28.4. The van der Waals surface area contributed by atoms with Crippen LogP contribution in [0.5, 0.6) is 5.75 Å². The fourth-order valence-electron chi connectivity index (χ4n) is 5.17. The molecule has 1 aliphatic heterocycles. The molecule has 0 radical (unpaired) electrons. The second-order valence-electron chi connectivity index (χ2n) is 9.35. The molecule has 1 heterocycles. The molecule has 4 aromatic carbocycles. The second-order valence-corrected chi connectivity index (χ2v) is 12.7. The van der Waals surface area contributed by atoms with E-state index in [9.17, 15) is 0 Å². The predicted octanol–water partition coefficient (Wildman–Crippen LogP) is 5.22. The summed E-state index contributed by atoms with van der Waals surface area (Å²) < 4.78 is 18.9. The topological polar surface area (TPSA) is 40.0 Å². The van der Waals surface area contributed by atoms with Crippen LogP contribution in [0.2, 0.25) is 0 Å². The van der Waals surface area contributed by atoms with Gasteiger partial charge in [0, 0.05) is 0 Å². The molecule has 0 unspecified atom stereocenters. The summed E-state index contributed by atoms with van der Waals surface area (Å²) in [5.41, 5.74) is 0.864. The van der Waals surface area contributed by atoms with Crippen molar-refractivity contribution in [1.82, 2.24) is 0 Å². The van der Waals surface area contributed by atoms with Gasteiger partial charge in [-0.1, -0.05) is 97.9 Å². The molecule has 0 aromatic heterocycles. The zero-order valence-electron chi connectivity index (χ0n) is 21.6. The molecule has 0 spiro atoms. The summed E-state index contributed by atoms with van der Waals surface area (Å²) in [5.74, 6) is 1.79. The van der Waals surface area contributed by atoms with Crippen molar-refractivity contribution in [2.75, 3.05) is 7.11 Å². The maximum absolute atomic E-state index is 7.30. The van der Waals surface area contributed by atoms with Crippen molar-refractivity contribution in [3.8, 4) is 5.75 Å². The van der Waals surface area contributed by atoms with Crippen LogP contribution in [0.25, 0.3) is 0 Å². The first-order valence-corrected chi connectivity index (χ1v) is 14.8. The molecular formula is C32H33NO3Si. The third kappa shape index (κ3) is 4.97. The molecule has 5 heteroatoms. The molecule has 1 saturated heterocycles. The average Bonchev–Trinajstić information content (AvgIpc) is 2.95. The van der Waals surface area contributed by atoms with Gasteiger partial charge < -0.3 is 13.9 Å². The SMILES string of the molecule is CC[C@@H]1C(=Nc2ccc(OC)cc2)O[C@@H]1[C@H](C)O[Si](c1ccccc1)(c1ccccc1)c1ccccc1. The van der Waals surface area contributed by atoms with Crippen molar-refractivity contribution in [2.24, 2.45) is 10.9 Å². The van der Waals surface area contributed by atoms with Gasteiger partial charge in [0.1, 0.15) is 11.9 Å². The molecule has 1 fully saturated rings. The summed E-state index contributed by atoms with van der Waals surface area (Å²) >= 11 is 0. The number of methoxy groups -OCH3 is 1. The fraction of sp³-hybridized carbons (Fsp3) is 0.219. The van der Waals surface area contributed by atoms with Crippen molar-refractivity contribution >= 4 is 35.5 Å². The van der Waals surface area contributed by atoms with Crippen molar-refractivity contribution in [3.63, 3.8) is 0 Å². The Morgan fingerprint density at radius 2 is 1.24 bits per heavy atom. The van der Waals surface area contributed by atoms with Gasteiger partial charge in [0.05, 0.1) is 24.8 Å². The van der Waals surface area contributed by atoms with Crippen LogP contribution in [-0.2, 0) is 9.16 Å². The third-order valence-electron chi connectivity index (χ3n) is 7.09. The summed E-state index contributed by atoms with van der Waals surface area (Å²) in [6, 6.07) is 39.8. The number of ether oxygens (including phenoxy) is 2. The van der Waals surface area contributed by atoms with E-state index in [1.165, 1.54) is 15.6 Å². The number of aliphatic imine (C=N–C) groups is 1. The Hall–Kier alpha value is -3.67. The Morgan fingerprint density at radius 1 is 0.757 bits per heavy atom. The van der Waals surface area contributed by atoms with Gasteiger partial charge in [0.2, 0.25) is 0 Å². The Labute approximate surface area is 220 Å². The van der Waals surface area contributed by atoms with Crippen molar-refractivity contribution in [2.45, 2.75) is 32.5 Å². The van der Waals surface area contributed by atoms with Crippen molar-refractivity contribution < 1.29 is 13.9 Å². The summed E-state index contributed by atoms with van der Waals surface area (Å²) in [7, 11) is -1.15. The van der Waals surface area contributed by atoms with E-state index in [1.54, 1.807) is 7.11 Å². The smallest absolute Gasteiger partial charge is 0.288 e. The van der Waals surface area contributed by atoms with Gasteiger partial charge in [-0.15, -0.1) is 0 Å². The quantitative estimate of drug-likeness (QED) is 0.230. The van der Waals surface area contributed by atoms with Crippen molar-refractivity contribution in [3.05, 3.63) is 115 Å². The predicted molar refractivity (Wildman–Crippen MR) is 153 cm³/mol. The van der Waals surface area contributed by atoms with Crippen LogP contribution in [0.15, 0.2) is 120 Å². The fourth-order valence-corrected chi connectivity index (χ4v) is 9.25. The van der Waals surface area contributed by atoms with Gasteiger partial charge in [-0.3, -0.25) is 0 Å². The van der Waals surface area contributed by atoms with Crippen LogP contribution in [0.1, 0.15) is 20.3 Å². The highest BCUT2D eigenvalue weighted by Gasteiger charge is 2.49. The van der Waals surface area contributed by atoms with Gasteiger partial charge in [-0.2, -0.15) is 0 Å². The van der Waals surface area contributed by atoms with Crippen LogP contribution in [0, 0.1) is 5.92 Å². The lowest BCUT2D eigenvalue weighted by Gasteiger charge is -2.45. The molecule has 0 saturated carbocycles. The second kappa shape index (κ2) is 11.2. The summed E-state index contributed by atoms with van der Waals surface area (Å²) in [5, 5.41) is 3.66. The minimum absolute atomic E-state index is 0.0648. The first-order valence-electron chi connectivity index (χ1n) is 12.9. The average molecular weight is 508 g/mol. The lowest BCUT2D eigenvalue weighted by Crippen LogP contribution is -2.71. The van der Waals surface area contributed by atoms with Gasteiger partial charge >= 0.3 is 0 Å². The molecule has 188 valence electrons. The van der Waals surface area contributed by atoms with Crippen LogP contribution in [0.4, 0.5) is 5.69 Å². The first-order chi connectivity index (χ1) is 18.2. The van der Waals surface area contributed by atoms with Gasteiger partial charge in [-0.25, -0.2) is 4.99 Å². The van der Waals surface area contributed by atoms with E-state index in [0.29, 0.717) is 0 Å². The molecule has 0 bridgehead atoms. The van der Waals surface area contributed by atoms with E-state index < -0.39 is 8.32 Å². The van der Waals surface area contributed by atoms with Crippen LogP contribution in [-0.4, -0.2) is 33.5 Å². The molecule has 0 amide bonds. The maximum Gasteiger partial charge on any atom is 0.288 e. The lowest BCUT2D eigenvalue weighted by molar-refractivity contribution is -0.0283. The molecular weight excluding hydrogens is 474 g/mol. The van der Waals surface area contributed by atoms with Gasteiger partial charge in [0.25, 0.3) is 8.32 Å². The number of benzene rings is 4. The van der Waals surface area contributed by atoms with Gasteiger partial charge in [0.15, 0.2) is 5.90 Å². The van der Waals surface area contributed by atoms with Crippen LogP contribution in [0.3, 0.4) is 0 Å². The number of nitrogens with zero attached hydrogens (tertiary/aromatic N) is 1. The Morgan fingerprint density at radius 3 is 1.68 bits per heavy atom. The number of hydrogen-bond acceptors (Lipinski definition) is 4. The maximum atomic E-state index is 7.30. The zero-order chi connectivity index (χ0) is 25.7. The Balaban J connectivity index is 1.49. The number of rotatable bonds is 9. The first kappa shape index (κ1) is 25.0. The molecule has 1 aliphatic rings. The minimum atomic E-state index is -2.81.